The molecule has 3 aromatic rings. The van der Waals surface area contributed by atoms with Crippen molar-refractivity contribution < 1.29 is 0 Å². The second-order valence-corrected chi connectivity index (χ2v) is 5.40. The predicted octanol–water partition coefficient (Wildman–Crippen LogP) is 9.95. The molecule has 0 spiro atoms. The Balaban J connectivity index is -0.000000187. The molecule has 0 radical (unpaired) electrons. The third-order valence-corrected chi connectivity index (χ3v) is 3.37. The van der Waals surface area contributed by atoms with E-state index in [-0.39, 0.29) is 0 Å². The van der Waals surface area contributed by atoms with Crippen molar-refractivity contribution in [2.75, 3.05) is 11.5 Å². The summed E-state index contributed by atoms with van der Waals surface area (Å²) in [7, 11) is 0. The van der Waals surface area contributed by atoms with Crippen LogP contribution in [0.3, 0.4) is 0 Å². The topological polar surface area (TPSA) is 52.0 Å². The highest BCUT2D eigenvalue weighted by Gasteiger charge is 1.95. The highest BCUT2D eigenvalue weighted by molar-refractivity contribution is 5.63. The number of hydrogen-bond donors (Lipinski definition) is 2. The molecule has 3 rings (SSSR count). The number of nitrogens with two attached hydrogens (primary N) is 2. The Labute approximate surface area is 201 Å². The highest BCUT2D eigenvalue weighted by atomic mass is 14.6. The molecule has 0 aliphatic rings. The van der Waals surface area contributed by atoms with Gasteiger partial charge in [0.05, 0.1) is 0 Å². The third kappa shape index (κ3) is 19.2. The Hall–Kier alpha value is -2.74. The Morgan fingerprint density at radius 2 is 0.531 bits per heavy atom. The standard InChI is InChI=1S/C14H14.C6H8N2.5C2H6/c1-11-3-7-13(8-4-11)14-9-5-12(2)6-10-14;7-5-1-2-6(8)4-3-5;5*1-2/h3-10H,1-2H3;1-4H,7-8H2;5*1-2H3. The van der Waals surface area contributed by atoms with Crippen LogP contribution in [0.4, 0.5) is 11.4 Å². The van der Waals surface area contributed by atoms with E-state index in [1.54, 1.807) is 24.3 Å². The van der Waals surface area contributed by atoms with Crippen LogP contribution in [0.1, 0.15) is 80.4 Å². The SMILES string of the molecule is CC.CC.CC.CC.CC.Cc1ccc(-c2ccc(C)cc2)cc1.Nc1ccc(N)cc1. The molecule has 3 aromatic carbocycles. The van der Waals surface area contributed by atoms with Crippen molar-refractivity contribution in [1.82, 2.24) is 0 Å². The highest BCUT2D eigenvalue weighted by Crippen LogP contribution is 2.19. The molecule has 0 fully saturated rings. The van der Waals surface area contributed by atoms with E-state index in [4.69, 9.17) is 11.5 Å². The fourth-order valence-electron chi connectivity index (χ4n) is 1.99. The van der Waals surface area contributed by atoms with Crippen molar-refractivity contribution >= 4 is 11.4 Å². The Bertz CT molecular complexity index is 633. The van der Waals surface area contributed by atoms with Gasteiger partial charge >= 0.3 is 0 Å². The molecule has 0 atom stereocenters. The van der Waals surface area contributed by atoms with Crippen molar-refractivity contribution in [1.29, 1.82) is 0 Å². The zero-order valence-electron chi connectivity index (χ0n) is 23.1. The van der Waals surface area contributed by atoms with E-state index in [0.29, 0.717) is 0 Å². The number of rotatable bonds is 1. The summed E-state index contributed by atoms with van der Waals surface area (Å²) in [5.74, 6) is 0. The van der Waals surface area contributed by atoms with Gasteiger partial charge in [0.25, 0.3) is 0 Å². The minimum atomic E-state index is 0.749. The maximum atomic E-state index is 5.37. The molecule has 4 N–H and O–H groups in total. The Morgan fingerprint density at radius 3 is 0.719 bits per heavy atom. The fourth-order valence-corrected chi connectivity index (χ4v) is 1.99. The van der Waals surface area contributed by atoms with Crippen molar-refractivity contribution in [2.45, 2.75) is 83.1 Å². The average molecular weight is 441 g/mol. The summed E-state index contributed by atoms with van der Waals surface area (Å²) in [6.07, 6.45) is 0. The predicted molar refractivity (Wildman–Crippen MR) is 153 cm³/mol. The molecule has 0 saturated heterocycles. The molecule has 0 aliphatic carbocycles. The molecule has 32 heavy (non-hydrogen) atoms. The largest absolute Gasteiger partial charge is 0.399 e. The average Bonchev–Trinajstić information content (AvgIpc) is 2.89. The summed E-state index contributed by atoms with van der Waals surface area (Å²) < 4.78 is 0. The lowest BCUT2D eigenvalue weighted by molar-refractivity contribution is 1.45. The van der Waals surface area contributed by atoms with Crippen LogP contribution in [0.25, 0.3) is 11.1 Å². The first-order valence-corrected chi connectivity index (χ1v) is 12.3. The number of anilines is 2. The minimum absolute atomic E-state index is 0.749. The van der Waals surface area contributed by atoms with Gasteiger partial charge in [-0.05, 0) is 49.2 Å². The molecule has 0 amide bonds. The maximum Gasteiger partial charge on any atom is 0.0315 e. The third-order valence-electron chi connectivity index (χ3n) is 3.37. The molecule has 2 heteroatoms. The van der Waals surface area contributed by atoms with E-state index in [2.05, 4.69) is 62.4 Å². The van der Waals surface area contributed by atoms with Gasteiger partial charge in [0, 0.05) is 11.4 Å². The van der Waals surface area contributed by atoms with Crippen LogP contribution in [0, 0.1) is 13.8 Å². The van der Waals surface area contributed by atoms with Crippen LogP contribution >= 0.6 is 0 Å². The monoisotopic (exact) mass is 440 g/mol. The summed E-state index contributed by atoms with van der Waals surface area (Å²) >= 11 is 0. The van der Waals surface area contributed by atoms with Crippen LogP contribution in [-0.2, 0) is 0 Å². The molecule has 0 aromatic heterocycles. The summed E-state index contributed by atoms with van der Waals surface area (Å²) in [5, 5.41) is 0. The van der Waals surface area contributed by atoms with Crippen LogP contribution in [0.5, 0.6) is 0 Å². The number of hydrogen-bond acceptors (Lipinski definition) is 2. The number of nitrogen functional groups attached to an aromatic ring is 2. The summed E-state index contributed by atoms with van der Waals surface area (Å²) in [5.41, 5.74) is 17.4. The summed E-state index contributed by atoms with van der Waals surface area (Å²) in [4.78, 5) is 0. The van der Waals surface area contributed by atoms with Crippen LogP contribution in [-0.4, -0.2) is 0 Å². The Kier molecular flexibility index (Phi) is 32.3. The first-order chi connectivity index (χ1) is 15.5. The fraction of sp³-hybridized carbons (Fsp3) is 0.400. The van der Waals surface area contributed by atoms with E-state index in [9.17, 15) is 0 Å². The number of aryl methyl sites for hydroxylation is 2. The second kappa shape index (κ2) is 28.3. The second-order valence-electron chi connectivity index (χ2n) is 5.40. The molecular formula is C30H52N2. The molecule has 0 unspecified atom stereocenters. The van der Waals surface area contributed by atoms with Crippen LogP contribution in [0.2, 0.25) is 0 Å². The first-order valence-electron chi connectivity index (χ1n) is 12.3. The quantitative estimate of drug-likeness (QED) is 0.370. The number of benzene rings is 3. The molecule has 182 valence electrons. The summed E-state index contributed by atoms with van der Waals surface area (Å²) in [6.45, 7) is 24.2. The van der Waals surface area contributed by atoms with Gasteiger partial charge in [0.2, 0.25) is 0 Å². The van der Waals surface area contributed by atoms with E-state index < -0.39 is 0 Å². The molecule has 2 nitrogen and oxygen atoms in total. The van der Waals surface area contributed by atoms with Crippen molar-refractivity contribution in [3.05, 3.63) is 83.9 Å². The maximum absolute atomic E-state index is 5.37. The summed E-state index contributed by atoms with van der Waals surface area (Å²) in [6, 6.07) is 24.4. The molecule has 0 saturated carbocycles. The van der Waals surface area contributed by atoms with Gasteiger partial charge < -0.3 is 11.5 Å². The van der Waals surface area contributed by atoms with Gasteiger partial charge in [0.15, 0.2) is 0 Å². The Morgan fingerprint density at radius 1 is 0.344 bits per heavy atom. The van der Waals surface area contributed by atoms with Gasteiger partial charge in [-0.25, -0.2) is 0 Å². The van der Waals surface area contributed by atoms with Crippen molar-refractivity contribution in [3.8, 4) is 11.1 Å². The lowest BCUT2D eigenvalue weighted by atomic mass is 10.0. The normalized spacial score (nSPS) is 7.62. The van der Waals surface area contributed by atoms with Gasteiger partial charge in [-0.2, -0.15) is 0 Å². The zero-order chi connectivity index (χ0) is 25.9. The molecule has 0 bridgehead atoms. The van der Waals surface area contributed by atoms with Crippen LogP contribution < -0.4 is 11.5 Å². The van der Waals surface area contributed by atoms with Crippen molar-refractivity contribution in [3.63, 3.8) is 0 Å². The lowest BCUT2D eigenvalue weighted by Gasteiger charge is -2.02. The van der Waals surface area contributed by atoms with E-state index in [0.717, 1.165) is 11.4 Å². The van der Waals surface area contributed by atoms with Gasteiger partial charge in [-0.3, -0.25) is 0 Å². The lowest BCUT2D eigenvalue weighted by Crippen LogP contribution is -1.86. The van der Waals surface area contributed by atoms with Crippen LogP contribution in [0.15, 0.2) is 72.8 Å². The minimum Gasteiger partial charge on any atom is -0.399 e. The molecule has 0 aliphatic heterocycles. The van der Waals surface area contributed by atoms with E-state index in [1.165, 1.54) is 22.3 Å². The molecular weight excluding hydrogens is 388 g/mol. The molecule has 0 heterocycles. The van der Waals surface area contributed by atoms with E-state index in [1.807, 2.05) is 69.2 Å². The van der Waals surface area contributed by atoms with Gasteiger partial charge in [-0.1, -0.05) is 129 Å². The van der Waals surface area contributed by atoms with Gasteiger partial charge in [0.1, 0.15) is 0 Å². The smallest absolute Gasteiger partial charge is 0.0315 e. The van der Waals surface area contributed by atoms with Gasteiger partial charge in [-0.15, -0.1) is 0 Å². The van der Waals surface area contributed by atoms with Crippen molar-refractivity contribution in [2.24, 2.45) is 0 Å². The van der Waals surface area contributed by atoms with E-state index >= 15 is 0 Å². The zero-order valence-corrected chi connectivity index (χ0v) is 23.1. The first kappa shape index (κ1) is 36.6.